The minimum absolute atomic E-state index is 0.00124. The Labute approximate surface area is 148 Å². The first kappa shape index (κ1) is 17.0. The van der Waals surface area contributed by atoms with Gasteiger partial charge in [0.25, 0.3) is 5.91 Å². The molecule has 0 spiro atoms. The van der Waals surface area contributed by atoms with E-state index in [1.54, 1.807) is 4.90 Å². The van der Waals surface area contributed by atoms with Crippen LogP contribution in [0.3, 0.4) is 0 Å². The summed E-state index contributed by atoms with van der Waals surface area (Å²) >= 11 is 0. The molecule has 0 aliphatic carbocycles. The van der Waals surface area contributed by atoms with Crippen molar-refractivity contribution in [1.29, 1.82) is 0 Å². The maximum absolute atomic E-state index is 12.2. The lowest BCUT2D eigenvalue weighted by atomic mass is 10.0. The van der Waals surface area contributed by atoms with Crippen LogP contribution in [0, 0.1) is 0 Å². The van der Waals surface area contributed by atoms with Crippen LogP contribution < -0.4 is 4.74 Å². The third kappa shape index (κ3) is 3.79. The highest BCUT2D eigenvalue weighted by Gasteiger charge is 2.13. The number of aromatic nitrogens is 1. The van der Waals surface area contributed by atoms with Gasteiger partial charge in [-0.1, -0.05) is 54.6 Å². The van der Waals surface area contributed by atoms with Gasteiger partial charge in [0.1, 0.15) is 0 Å². The van der Waals surface area contributed by atoms with Gasteiger partial charge in [-0.2, -0.15) is 0 Å². The van der Waals surface area contributed by atoms with Crippen LogP contribution in [0.5, 0.6) is 5.88 Å². The molecule has 0 N–H and O–H groups in total. The molecule has 25 heavy (non-hydrogen) atoms. The Morgan fingerprint density at radius 3 is 2.40 bits per heavy atom. The standard InChI is InChI=1S/C21H22N2O2/c1-3-23(4-2)20(24)15-25-19-14-17-12-8-9-13-18(17)21(22-19)16-10-6-5-7-11-16/h5-14H,3-4,15H2,1-2H3. The van der Waals surface area contributed by atoms with Crippen molar-refractivity contribution in [3.8, 4) is 17.1 Å². The normalized spacial score (nSPS) is 10.6. The zero-order chi connectivity index (χ0) is 17.6. The Kier molecular flexibility index (Phi) is 5.29. The summed E-state index contributed by atoms with van der Waals surface area (Å²) in [5, 5.41) is 2.11. The number of pyridine rings is 1. The van der Waals surface area contributed by atoms with Crippen molar-refractivity contribution in [2.45, 2.75) is 13.8 Å². The summed E-state index contributed by atoms with van der Waals surface area (Å²) in [4.78, 5) is 18.6. The molecule has 1 heterocycles. The second-order valence-electron chi connectivity index (χ2n) is 5.75. The number of ether oxygens (including phenoxy) is 1. The zero-order valence-electron chi connectivity index (χ0n) is 14.6. The van der Waals surface area contributed by atoms with Crippen LogP contribution in [0.4, 0.5) is 0 Å². The number of carbonyl (C=O) groups is 1. The first-order chi connectivity index (χ1) is 12.2. The molecule has 1 amide bonds. The van der Waals surface area contributed by atoms with Crippen LogP contribution in [0.1, 0.15) is 13.8 Å². The highest BCUT2D eigenvalue weighted by Crippen LogP contribution is 2.29. The van der Waals surface area contributed by atoms with Crippen LogP contribution in [0.25, 0.3) is 22.0 Å². The lowest BCUT2D eigenvalue weighted by Crippen LogP contribution is -2.34. The summed E-state index contributed by atoms with van der Waals surface area (Å²) in [5.74, 6) is 0.444. The van der Waals surface area contributed by atoms with Gasteiger partial charge < -0.3 is 9.64 Å². The van der Waals surface area contributed by atoms with Crippen molar-refractivity contribution in [1.82, 2.24) is 9.88 Å². The zero-order valence-corrected chi connectivity index (χ0v) is 14.6. The molecular weight excluding hydrogens is 312 g/mol. The first-order valence-corrected chi connectivity index (χ1v) is 8.58. The van der Waals surface area contributed by atoms with Crippen molar-refractivity contribution in [3.05, 3.63) is 60.7 Å². The first-order valence-electron chi connectivity index (χ1n) is 8.58. The third-order valence-corrected chi connectivity index (χ3v) is 4.22. The van der Waals surface area contributed by atoms with E-state index < -0.39 is 0 Å². The molecule has 3 rings (SSSR count). The molecule has 0 atom stereocenters. The minimum atomic E-state index is -0.0266. The fraction of sp³-hybridized carbons (Fsp3) is 0.238. The molecular formula is C21H22N2O2. The summed E-state index contributed by atoms with van der Waals surface area (Å²) < 4.78 is 5.72. The van der Waals surface area contributed by atoms with E-state index in [1.807, 2.05) is 68.4 Å². The number of amides is 1. The second-order valence-corrected chi connectivity index (χ2v) is 5.75. The van der Waals surface area contributed by atoms with Gasteiger partial charge in [0.05, 0.1) is 5.69 Å². The fourth-order valence-corrected chi connectivity index (χ4v) is 2.87. The maximum Gasteiger partial charge on any atom is 0.260 e. The summed E-state index contributed by atoms with van der Waals surface area (Å²) in [6, 6.07) is 20.0. The van der Waals surface area contributed by atoms with E-state index in [1.165, 1.54) is 0 Å². The lowest BCUT2D eigenvalue weighted by Gasteiger charge is -2.18. The van der Waals surface area contributed by atoms with Crippen LogP contribution >= 0.6 is 0 Å². The number of carbonyl (C=O) groups excluding carboxylic acids is 1. The lowest BCUT2D eigenvalue weighted by molar-refractivity contribution is -0.133. The quantitative estimate of drug-likeness (QED) is 0.680. The SMILES string of the molecule is CCN(CC)C(=O)COc1cc2ccccc2c(-c2ccccc2)n1. The molecule has 0 fully saturated rings. The average Bonchev–Trinajstić information content (AvgIpc) is 2.67. The largest absolute Gasteiger partial charge is 0.468 e. The van der Waals surface area contributed by atoms with Crippen molar-refractivity contribution in [2.24, 2.45) is 0 Å². The second kappa shape index (κ2) is 7.79. The summed E-state index contributed by atoms with van der Waals surface area (Å²) in [5.41, 5.74) is 1.89. The smallest absolute Gasteiger partial charge is 0.260 e. The van der Waals surface area contributed by atoms with Crippen molar-refractivity contribution in [3.63, 3.8) is 0 Å². The van der Waals surface area contributed by atoms with Gasteiger partial charge in [0, 0.05) is 30.1 Å². The Morgan fingerprint density at radius 2 is 1.68 bits per heavy atom. The molecule has 3 aromatic rings. The molecule has 4 nitrogen and oxygen atoms in total. The average molecular weight is 334 g/mol. The molecule has 0 aliphatic heterocycles. The molecule has 128 valence electrons. The summed E-state index contributed by atoms with van der Waals surface area (Å²) in [7, 11) is 0. The maximum atomic E-state index is 12.2. The minimum Gasteiger partial charge on any atom is -0.468 e. The van der Waals surface area contributed by atoms with E-state index in [9.17, 15) is 4.79 Å². The van der Waals surface area contributed by atoms with Crippen molar-refractivity contribution < 1.29 is 9.53 Å². The predicted molar refractivity (Wildman–Crippen MR) is 101 cm³/mol. The highest BCUT2D eigenvalue weighted by molar-refractivity contribution is 5.95. The van der Waals surface area contributed by atoms with E-state index in [0.29, 0.717) is 19.0 Å². The molecule has 0 saturated heterocycles. The Morgan fingerprint density at radius 1 is 1.00 bits per heavy atom. The number of likely N-dealkylation sites (N-methyl/N-ethyl adjacent to an activating group) is 1. The van der Waals surface area contributed by atoms with Crippen LogP contribution in [-0.2, 0) is 4.79 Å². The van der Waals surface area contributed by atoms with E-state index in [4.69, 9.17) is 4.74 Å². The molecule has 4 heteroatoms. The van der Waals surface area contributed by atoms with Gasteiger partial charge in [-0.3, -0.25) is 4.79 Å². The Balaban J connectivity index is 1.93. The van der Waals surface area contributed by atoms with Gasteiger partial charge in [-0.15, -0.1) is 0 Å². The molecule has 1 aromatic heterocycles. The highest BCUT2D eigenvalue weighted by atomic mass is 16.5. The third-order valence-electron chi connectivity index (χ3n) is 4.22. The van der Waals surface area contributed by atoms with E-state index in [0.717, 1.165) is 22.0 Å². The van der Waals surface area contributed by atoms with Gasteiger partial charge in [-0.05, 0) is 19.2 Å². The van der Waals surface area contributed by atoms with Crippen LogP contribution in [-0.4, -0.2) is 35.5 Å². The summed E-state index contributed by atoms with van der Waals surface area (Å²) in [6.45, 7) is 5.28. The monoisotopic (exact) mass is 334 g/mol. The van der Waals surface area contributed by atoms with E-state index in [-0.39, 0.29) is 12.5 Å². The fourth-order valence-electron chi connectivity index (χ4n) is 2.87. The van der Waals surface area contributed by atoms with Crippen molar-refractivity contribution in [2.75, 3.05) is 19.7 Å². The Hall–Kier alpha value is -2.88. The molecule has 0 unspecified atom stereocenters. The van der Waals surface area contributed by atoms with Crippen LogP contribution in [0.15, 0.2) is 60.7 Å². The molecule has 2 aromatic carbocycles. The number of hydrogen-bond donors (Lipinski definition) is 0. The Bertz CT molecular complexity index is 858. The van der Waals surface area contributed by atoms with E-state index >= 15 is 0 Å². The number of benzene rings is 2. The van der Waals surface area contributed by atoms with Gasteiger partial charge >= 0.3 is 0 Å². The predicted octanol–water partition coefficient (Wildman–Crippen LogP) is 4.15. The van der Waals surface area contributed by atoms with Gasteiger partial charge in [-0.25, -0.2) is 4.98 Å². The number of fused-ring (bicyclic) bond motifs is 1. The number of hydrogen-bond acceptors (Lipinski definition) is 3. The van der Waals surface area contributed by atoms with Gasteiger partial charge in [0.15, 0.2) is 6.61 Å². The van der Waals surface area contributed by atoms with Crippen LogP contribution in [0.2, 0.25) is 0 Å². The molecule has 0 saturated carbocycles. The van der Waals surface area contributed by atoms with E-state index in [2.05, 4.69) is 11.1 Å². The number of rotatable bonds is 6. The topological polar surface area (TPSA) is 42.4 Å². The van der Waals surface area contributed by atoms with Gasteiger partial charge in [0.2, 0.25) is 5.88 Å². The molecule has 0 radical (unpaired) electrons. The molecule has 0 bridgehead atoms. The van der Waals surface area contributed by atoms with Crippen molar-refractivity contribution >= 4 is 16.7 Å². The molecule has 0 aliphatic rings. The summed E-state index contributed by atoms with van der Waals surface area (Å²) in [6.07, 6.45) is 0. The number of nitrogens with zero attached hydrogens (tertiary/aromatic N) is 2.